The lowest BCUT2D eigenvalue weighted by atomic mass is 10.2. The van der Waals surface area contributed by atoms with E-state index >= 15 is 0 Å². The van der Waals surface area contributed by atoms with Crippen molar-refractivity contribution in [1.82, 2.24) is 14.9 Å². The Hall–Kier alpha value is -2.44. The smallest absolute Gasteiger partial charge is 0.216 e. The molecule has 0 aliphatic carbocycles. The van der Waals surface area contributed by atoms with Crippen LogP contribution in [0.4, 0.5) is 0 Å². The van der Waals surface area contributed by atoms with Gasteiger partial charge in [0, 0.05) is 10.6 Å². The number of benzene rings is 2. The molecule has 0 saturated heterocycles. The van der Waals surface area contributed by atoms with Crippen LogP contribution in [0.1, 0.15) is 12.5 Å². The Labute approximate surface area is 149 Å². The van der Waals surface area contributed by atoms with Crippen LogP contribution >= 0.6 is 23.8 Å². The van der Waals surface area contributed by atoms with E-state index in [9.17, 15) is 0 Å². The first-order valence-corrected chi connectivity index (χ1v) is 8.16. The van der Waals surface area contributed by atoms with Gasteiger partial charge in [0.05, 0.1) is 12.8 Å². The lowest BCUT2D eigenvalue weighted by Crippen LogP contribution is -1.95. The highest BCUT2D eigenvalue weighted by Gasteiger charge is 2.07. The molecule has 0 amide bonds. The van der Waals surface area contributed by atoms with Crippen molar-refractivity contribution in [2.24, 2.45) is 5.10 Å². The third-order valence-electron chi connectivity index (χ3n) is 3.27. The fourth-order valence-electron chi connectivity index (χ4n) is 2.13. The quantitative estimate of drug-likeness (QED) is 0.538. The van der Waals surface area contributed by atoms with Crippen LogP contribution in [0.2, 0.25) is 5.02 Å². The number of nitrogens with one attached hydrogen (secondary N) is 1. The van der Waals surface area contributed by atoms with Gasteiger partial charge in [-0.05, 0) is 73.2 Å². The second-order valence-corrected chi connectivity index (χ2v) is 5.74. The molecule has 1 aromatic heterocycles. The van der Waals surface area contributed by atoms with Crippen molar-refractivity contribution < 1.29 is 4.74 Å². The molecule has 1 heterocycles. The summed E-state index contributed by atoms with van der Waals surface area (Å²) < 4.78 is 7.42. The number of rotatable bonds is 5. The zero-order valence-corrected chi connectivity index (χ0v) is 14.5. The van der Waals surface area contributed by atoms with E-state index in [-0.39, 0.29) is 0 Å². The molecular weight excluding hydrogens is 344 g/mol. The number of aromatic amines is 1. The molecule has 7 heteroatoms. The summed E-state index contributed by atoms with van der Waals surface area (Å²) in [5.74, 6) is 1.45. The Morgan fingerprint density at radius 2 is 1.92 bits per heavy atom. The van der Waals surface area contributed by atoms with Crippen LogP contribution in [-0.4, -0.2) is 27.7 Å². The molecule has 2 aromatic carbocycles. The summed E-state index contributed by atoms with van der Waals surface area (Å²) >= 11 is 11.2. The fourth-order valence-corrected chi connectivity index (χ4v) is 2.43. The van der Waals surface area contributed by atoms with Crippen molar-refractivity contribution in [1.29, 1.82) is 0 Å². The number of hydrogen-bond acceptors (Lipinski definition) is 4. The van der Waals surface area contributed by atoms with Gasteiger partial charge < -0.3 is 4.74 Å². The zero-order chi connectivity index (χ0) is 16.9. The van der Waals surface area contributed by atoms with Crippen LogP contribution in [0, 0.1) is 4.77 Å². The van der Waals surface area contributed by atoms with Crippen LogP contribution in [0.5, 0.6) is 5.75 Å². The van der Waals surface area contributed by atoms with E-state index in [1.54, 1.807) is 23.0 Å². The normalized spacial score (nSPS) is 11.1. The Morgan fingerprint density at radius 1 is 1.21 bits per heavy atom. The lowest BCUT2D eigenvalue weighted by molar-refractivity contribution is 0.340. The predicted octanol–water partition coefficient (Wildman–Crippen LogP) is 4.54. The highest BCUT2D eigenvalue weighted by atomic mass is 35.5. The highest BCUT2D eigenvalue weighted by Crippen LogP contribution is 2.20. The Bertz CT molecular complexity index is 898. The SMILES string of the molecule is CCOc1ccc(/C=N/n2c(-c3ccc(Cl)cc3)n[nH]c2=S)cc1. The maximum absolute atomic E-state index is 5.93. The largest absolute Gasteiger partial charge is 0.494 e. The van der Waals surface area contributed by atoms with Crippen molar-refractivity contribution in [2.75, 3.05) is 6.61 Å². The minimum Gasteiger partial charge on any atom is -0.494 e. The van der Waals surface area contributed by atoms with Crippen molar-refractivity contribution in [3.8, 4) is 17.1 Å². The lowest BCUT2D eigenvalue weighted by Gasteiger charge is -2.03. The molecule has 0 bridgehead atoms. The molecule has 0 aliphatic heterocycles. The summed E-state index contributed by atoms with van der Waals surface area (Å²) in [6.45, 7) is 2.59. The van der Waals surface area contributed by atoms with E-state index in [1.807, 2.05) is 43.3 Å². The van der Waals surface area contributed by atoms with E-state index in [1.165, 1.54) is 0 Å². The van der Waals surface area contributed by atoms with E-state index < -0.39 is 0 Å². The Morgan fingerprint density at radius 3 is 2.58 bits per heavy atom. The molecule has 24 heavy (non-hydrogen) atoms. The molecule has 0 spiro atoms. The van der Waals surface area contributed by atoms with Gasteiger partial charge in [-0.3, -0.25) is 0 Å². The van der Waals surface area contributed by atoms with E-state index in [0.29, 0.717) is 22.2 Å². The molecule has 3 rings (SSSR count). The molecule has 0 radical (unpaired) electrons. The van der Waals surface area contributed by atoms with Gasteiger partial charge in [-0.25, -0.2) is 5.10 Å². The van der Waals surface area contributed by atoms with Gasteiger partial charge in [-0.2, -0.15) is 14.9 Å². The number of H-pyrrole nitrogens is 1. The molecular formula is C17H15ClN4OS. The number of aromatic nitrogens is 3. The number of nitrogens with zero attached hydrogens (tertiary/aromatic N) is 3. The van der Waals surface area contributed by atoms with Crippen molar-refractivity contribution in [2.45, 2.75) is 6.92 Å². The monoisotopic (exact) mass is 358 g/mol. The van der Waals surface area contributed by atoms with Crippen molar-refractivity contribution in [3.05, 3.63) is 63.9 Å². The summed E-state index contributed by atoms with van der Waals surface area (Å²) in [6.07, 6.45) is 1.72. The molecule has 0 atom stereocenters. The van der Waals surface area contributed by atoms with Gasteiger partial charge in [0.25, 0.3) is 0 Å². The summed E-state index contributed by atoms with van der Waals surface area (Å²) in [5, 5.41) is 12.1. The number of ether oxygens (including phenoxy) is 1. The topological polar surface area (TPSA) is 55.2 Å². The average molecular weight is 359 g/mol. The number of halogens is 1. The van der Waals surface area contributed by atoms with Crippen LogP contribution < -0.4 is 4.74 Å². The summed E-state index contributed by atoms with van der Waals surface area (Å²) in [6, 6.07) is 15.0. The van der Waals surface area contributed by atoms with Gasteiger partial charge >= 0.3 is 0 Å². The van der Waals surface area contributed by atoms with Gasteiger partial charge in [-0.15, -0.1) is 0 Å². The van der Waals surface area contributed by atoms with E-state index in [4.69, 9.17) is 28.6 Å². The van der Waals surface area contributed by atoms with Crippen LogP contribution in [0.15, 0.2) is 53.6 Å². The predicted molar refractivity (Wildman–Crippen MR) is 98.5 cm³/mol. The molecule has 0 saturated carbocycles. The fraction of sp³-hybridized carbons (Fsp3) is 0.118. The molecule has 0 aliphatic rings. The second-order valence-electron chi connectivity index (χ2n) is 4.92. The van der Waals surface area contributed by atoms with E-state index in [2.05, 4.69) is 15.3 Å². The van der Waals surface area contributed by atoms with E-state index in [0.717, 1.165) is 16.9 Å². The minimum atomic E-state index is 0.419. The Balaban J connectivity index is 1.88. The first kappa shape index (κ1) is 16.4. The highest BCUT2D eigenvalue weighted by molar-refractivity contribution is 7.71. The maximum Gasteiger partial charge on any atom is 0.216 e. The van der Waals surface area contributed by atoms with Crippen LogP contribution in [0.3, 0.4) is 0 Å². The Kier molecular flexibility index (Phi) is 5.08. The van der Waals surface area contributed by atoms with Gasteiger partial charge in [0.2, 0.25) is 4.77 Å². The third kappa shape index (κ3) is 3.72. The van der Waals surface area contributed by atoms with Crippen LogP contribution in [-0.2, 0) is 0 Å². The second kappa shape index (κ2) is 7.42. The molecule has 0 unspecified atom stereocenters. The van der Waals surface area contributed by atoms with Crippen molar-refractivity contribution >= 4 is 30.0 Å². The first-order chi connectivity index (χ1) is 11.7. The number of hydrogen-bond donors (Lipinski definition) is 1. The third-order valence-corrected chi connectivity index (χ3v) is 3.78. The maximum atomic E-state index is 5.93. The summed E-state index contributed by atoms with van der Waals surface area (Å²) in [4.78, 5) is 0. The van der Waals surface area contributed by atoms with Gasteiger partial charge in [0.15, 0.2) is 5.82 Å². The molecule has 122 valence electrons. The minimum absolute atomic E-state index is 0.419. The van der Waals surface area contributed by atoms with Crippen LogP contribution in [0.25, 0.3) is 11.4 Å². The van der Waals surface area contributed by atoms with Crippen molar-refractivity contribution in [3.63, 3.8) is 0 Å². The van der Waals surface area contributed by atoms with Gasteiger partial charge in [0.1, 0.15) is 5.75 Å². The summed E-state index contributed by atoms with van der Waals surface area (Å²) in [7, 11) is 0. The molecule has 5 nitrogen and oxygen atoms in total. The molecule has 1 N–H and O–H groups in total. The average Bonchev–Trinajstić information content (AvgIpc) is 2.96. The zero-order valence-electron chi connectivity index (χ0n) is 12.9. The standard InChI is InChI=1S/C17H15ClN4OS/c1-2-23-15-9-3-12(4-10-15)11-19-22-16(20-21-17(22)24)13-5-7-14(18)8-6-13/h3-11H,2H2,1H3,(H,21,24)/b19-11+. The molecule has 3 aromatic rings. The molecule has 0 fully saturated rings. The first-order valence-electron chi connectivity index (χ1n) is 7.38. The van der Waals surface area contributed by atoms with Gasteiger partial charge in [-0.1, -0.05) is 11.6 Å². The summed E-state index contributed by atoms with van der Waals surface area (Å²) in [5.41, 5.74) is 1.80.